The van der Waals surface area contributed by atoms with Crippen molar-refractivity contribution in [2.24, 2.45) is 0 Å². The molecule has 0 unspecified atom stereocenters. The number of hydrogen-bond acceptors (Lipinski definition) is 7. The summed E-state index contributed by atoms with van der Waals surface area (Å²) in [6.45, 7) is 9.55. The van der Waals surface area contributed by atoms with Crippen molar-refractivity contribution in [3.8, 4) is 0 Å². The van der Waals surface area contributed by atoms with Crippen LogP contribution >= 0.6 is 29.0 Å². The Morgan fingerprint density at radius 1 is 0.844 bits per heavy atom. The minimum absolute atomic E-state index is 0.0402. The minimum Gasteiger partial charge on any atom is -0.356 e. The zero-order valence-corrected chi connectivity index (χ0v) is 29.8. The van der Waals surface area contributed by atoms with Gasteiger partial charge >= 0.3 is 0 Å². The van der Waals surface area contributed by atoms with Crippen molar-refractivity contribution >= 4 is 52.4 Å². The van der Waals surface area contributed by atoms with Crippen LogP contribution in [-0.4, -0.2) is 61.2 Å². The van der Waals surface area contributed by atoms with E-state index in [-0.39, 0.29) is 35.3 Å². The van der Waals surface area contributed by atoms with Gasteiger partial charge in [0.05, 0.1) is 13.2 Å². The molecule has 3 amide bonds. The molecule has 2 aromatic carbocycles. The van der Waals surface area contributed by atoms with Gasteiger partial charge in [-0.25, -0.2) is 0 Å². The van der Waals surface area contributed by atoms with E-state index < -0.39 is 7.37 Å². The maximum atomic E-state index is 13.4. The lowest BCUT2D eigenvalue weighted by Gasteiger charge is -2.29. The third kappa shape index (κ3) is 14.4. The Bertz CT molecular complexity index is 1320. The molecule has 248 valence electrons. The third-order valence-electron chi connectivity index (χ3n) is 7.43. The van der Waals surface area contributed by atoms with Crippen LogP contribution in [0.15, 0.2) is 48.5 Å². The highest BCUT2D eigenvalue weighted by Gasteiger charge is 2.24. The Hall–Kier alpha value is -2.26. The predicted octanol–water partition coefficient (Wildman–Crippen LogP) is 7.00. The number of fused-ring (bicyclic) bond motifs is 2. The molecule has 8 nitrogen and oxygen atoms in total. The summed E-state index contributed by atoms with van der Waals surface area (Å²) in [5.74, 6) is 0.575. The normalized spacial score (nSPS) is 13.3. The second-order valence-electron chi connectivity index (χ2n) is 12.4. The van der Waals surface area contributed by atoms with Gasteiger partial charge in [0, 0.05) is 61.9 Å². The van der Waals surface area contributed by atoms with Gasteiger partial charge in [-0.1, -0.05) is 76.9 Å². The second kappa shape index (κ2) is 18.8. The number of rotatable bonds is 18. The van der Waals surface area contributed by atoms with Crippen molar-refractivity contribution in [3.05, 3.63) is 65.2 Å². The van der Waals surface area contributed by atoms with E-state index in [4.69, 9.17) is 4.52 Å². The average molecular weight is 676 g/mol. The standard InChI is InChI=1S/C34H50N3O5PS2/c1-34(2,25-32(39)35-21-11-5-6-12-23-42-43(3,4)41)45-44-24-22-36-31(38)19-20-33(40)37-26-29-15-8-7-13-27(29)17-18-28-14-9-10-16-30(28)37/h7-10,13-16H,5-6,11-12,17-26H2,1-4H3,(H,35,39)(H,36,38). The summed E-state index contributed by atoms with van der Waals surface area (Å²) < 4.78 is 16.6. The van der Waals surface area contributed by atoms with E-state index in [1.807, 2.05) is 35.2 Å². The van der Waals surface area contributed by atoms with Crippen LogP contribution in [-0.2, 0) is 42.9 Å². The molecule has 1 aliphatic rings. The van der Waals surface area contributed by atoms with Crippen molar-refractivity contribution in [1.29, 1.82) is 0 Å². The number of nitrogens with one attached hydrogen (secondary N) is 2. The highest BCUT2D eigenvalue weighted by molar-refractivity contribution is 8.77. The lowest BCUT2D eigenvalue weighted by Crippen LogP contribution is -2.34. The zero-order chi connectivity index (χ0) is 32.7. The van der Waals surface area contributed by atoms with Crippen molar-refractivity contribution in [3.63, 3.8) is 0 Å². The number of unbranched alkanes of at least 4 members (excludes halogenated alkanes) is 3. The summed E-state index contributed by atoms with van der Waals surface area (Å²) in [4.78, 5) is 40.2. The van der Waals surface area contributed by atoms with Crippen LogP contribution in [0.25, 0.3) is 0 Å². The summed E-state index contributed by atoms with van der Waals surface area (Å²) in [6, 6.07) is 16.3. The smallest absolute Gasteiger partial charge is 0.227 e. The molecule has 0 fully saturated rings. The van der Waals surface area contributed by atoms with Gasteiger partial charge in [0.2, 0.25) is 17.7 Å². The molecular formula is C34H50N3O5PS2. The lowest BCUT2D eigenvalue weighted by atomic mass is 9.95. The number of anilines is 1. The van der Waals surface area contributed by atoms with Crippen molar-refractivity contribution < 1.29 is 23.5 Å². The fourth-order valence-electron chi connectivity index (χ4n) is 5.14. The van der Waals surface area contributed by atoms with Gasteiger partial charge in [-0.2, -0.15) is 0 Å². The molecule has 1 heterocycles. The summed E-state index contributed by atoms with van der Waals surface area (Å²) in [6.07, 6.45) is 6.31. The molecule has 0 spiro atoms. The Labute approximate surface area is 277 Å². The topological polar surface area (TPSA) is 105 Å². The highest BCUT2D eigenvalue weighted by atomic mass is 33.1. The summed E-state index contributed by atoms with van der Waals surface area (Å²) in [5, 5.41) is 5.95. The highest BCUT2D eigenvalue weighted by Crippen LogP contribution is 2.38. The third-order valence-corrected chi connectivity index (χ3v) is 11.5. The van der Waals surface area contributed by atoms with Gasteiger partial charge in [0.25, 0.3) is 0 Å². The monoisotopic (exact) mass is 675 g/mol. The van der Waals surface area contributed by atoms with E-state index in [2.05, 4.69) is 42.7 Å². The molecule has 0 radical (unpaired) electrons. The molecule has 0 atom stereocenters. The van der Waals surface area contributed by atoms with Crippen LogP contribution < -0.4 is 15.5 Å². The Morgan fingerprint density at radius 2 is 1.49 bits per heavy atom. The van der Waals surface area contributed by atoms with E-state index in [0.29, 0.717) is 38.4 Å². The molecule has 0 saturated heterocycles. The summed E-state index contributed by atoms with van der Waals surface area (Å²) >= 11 is 0. The number of para-hydroxylation sites is 1. The molecule has 11 heteroatoms. The Morgan fingerprint density at radius 3 is 2.24 bits per heavy atom. The van der Waals surface area contributed by atoms with E-state index in [9.17, 15) is 18.9 Å². The average Bonchev–Trinajstić information content (AvgIpc) is 2.97. The van der Waals surface area contributed by atoms with Crippen molar-refractivity contribution in [2.75, 3.05) is 43.7 Å². The number of nitrogens with zero attached hydrogens (tertiary/aromatic N) is 1. The number of amides is 3. The molecule has 2 aromatic rings. The molecule has 0 aromatic heterocycles. The SMILES string of the molecule is CC(C)(CC(=O)NCCCCCCOP(C)(C)=O)SSCCNC(=O)CCC(=O)N1Cc2ccccc2CCc2ccccc21. The van der Waals surface area contributed by atoms with Gasteiger partial charge in [-0.05, 0) is 62.3 Å². The largest absolute Gasteiger partial charge is 0.356 e. The van der Waals surface area contributed by atoms with Crippen LogP contribution in [0.1, 0.15) is 75.5 Å². The molecule has 0 bridgehead atoms. The zero-order valence-electron chi connectivity index (χ0n) is 27.3. The Balaban J connectivity index is 1.29. The van der Waals surface area contributed by atoms with Crippen molar-refractivity contribution in [1.82, 2.24) is 10.6 Å². The van der Waals surface area contributed by atoms with E-state index in [1.54, 1.807) is 34.9 Å². The lowest BCUT2D eigenvalue weighted by molar-refractivity contribution is -0.125. The maximum absolute atomic E-state index is 13.4. The fraction of sp³-hybridized carbons (Fsp3) is 0.559. The molecule has 0 aliphatic carbocycles. The van der Waals surface area contributed by atoms with Crippen LogP contribution in [0.2, 0.25) is 0 Å². The first-order chi connectivity index (χ1) is 21.4. The molecular weight excluding hydrogens is 625 g/mol. The van der Waals surface area contributed by atoms with Gasteiger partial charge in [0.15, 0.2) is 7.37 Å². The van der Waals surface area contributed by atoms with Crippen LogP contribution in [0.5, 0.6) is 0 Å². The number of benzene rings is 2. The summed E-state index contributed by atoms with van der Waals surface area (Å²) in [7, 11) is 0.888. The summed E-state index contributed by atoms with van der Waals surface area (Å²) in [5.41, 5.74) is 4.51. The molecule has 3 rings (SSSR count). The molecule has 2 N–H and O–H groups in total. The molecule has 0 saturated carbocycles. The predicted molar refractivity (Wildman–Crippen MR) is 189 cm³/mol. The van der Waals surface area contributed by atoms with Gasteiger partial charge in [-0.3, -0.25) is 18.9 Å². The first-order valence-corrected chi connectivity index (χ1v) is 20.8. The quantitative estimate of drug-likeness (QED) is 0.0997. The maximum Gasteiger partial charge on any atom is 0.227 e. The van der Waals surface area contributed by atoms with Crippen molar-refractivity contribution in [2.45, 2.75) is 82.9 Å². The van der Waals surface area contributed by atoms with E-state index in [0.717, 1.165) is 55.3 Å². The molecule has 45 heavy (non-hydrogen) atoms. The second-order valence-corrected chi connectivity index (χ2v) is 18.3. The van der Waals surface area contributed by atoms with E-state index >= 15 is 0 Å². The number of aryl methyl sites for hydroxylation is 2. The minimum atomic E-state index is -2.40. The van der Waals surface area contributed by atoms with Gasteiger partial charge in [0.1, 0.15) is 0 Å². The van der Waals surface area contributed by atoms with Crippen LogP contribution in [0.4, 0.5) is 5.69 Å². The first-order valence-electron chi connectivity index (χ1n) is 15.9. The van der Waals surface area contributed by atoms with E-state index in [1.165, 1.54) is 5.56 Å². The van der Waals surface area contributed by atoms with Gasteiger partial charge < -0.3 is 20.1 Å². The van der Waals surface area contributed by atoms with Gasteiger partial charge in [-0.15, -0.1) is 0 Å². The number of hydrogen-bond donors (Lipinski definition) is 2. The molecule has 1 aliphatic heterocycles. The van der Waals surface area contributed by atoms with Crippen LogP contribution in [0, 0.1) is 0 Å². The van der Waals surface area contributed by atoms with Crippen LogP contribution in [0.3, 0.4) is 0 Å². The number of carbonyl (C=O) groups excluding carboxylic acids is 3. The number of carbonyl (C=O) groups is 3. The fourth-order valence-corrected chi connectivity index (χ4v) is 8.12. The first kappa shape index (κ1) is 37.2. The Kier molecular flexibility index (Phi) is 15.5.